The number of aromatic nitrogens is 4. The van der Waals surface area contributed by atoms with Gasteiger partial charge in [-0.2, -0.15) is 10.2 Å². The summed E-state index contributed by atoms with van der Waals surface area (Å²) in [6.45, 7) is 9.86. The van der Waals surface area contributed by atoms with Crippen LogP contribution in [-0.4, -0.2) is 31.4 Å². The molecule has 0 radical (unpaired) electrons. The maximum Gasteiger partial charge on any atom is 0.246 e. The Bertz CT molecular complexity index is 1050. The first-order valence-electron chi connectivity index (χ1n) is 11.0. The zero-order valence-electron chi connectivity index (χ0n) is 19.3. The minimum Gasteiger partial charge on any atom is -0.352 e. The van der Waals surface area contributed by atoms with E-state index in [4.69, 9.17) is 0 Å². The van der Waals surface area contributed by atoms with Gasteiger partial charge < -0.3 is 10.6 Å². The average Bonchev–Trinajstić information content (AvgIpc) is 3.33. The summed E-state index contributed by atoms with van der Waals surface area (Å²) < 4.78 is 3.61. The lowest BCUT2D eigenvalue weighted by Gasteiger charge is -2.10. The van der Waals surface area contributed by atoms with E-state index in [-0.39, 0.29) is 18.4 Å². The molecule has 8 nitrogen and oxygen atoms in total. The molecular weight excluding hydrogens is 404 g/mol. The van der Waals surface area contributed by atoms with Crippen LogP contribution in [0.15, 0.2) is 42.7 Å². The van der Waals surface area contributed by atoms with Crippen LogP contribution in [0.3, 0.4) is 0 Å². The van der Waals surface area contributed by atoms with Crippen molar-refractivity contribution in [2.24, 2.45) is 5.92 Å². The maximum atomic E-state index is 12.4. The van der Waals surface area contributed by atoms with Gasteiger partial charge in [-0.15, -0.1) is 0 Å². The molecule has 0 aliphatic carbocycles. The Morgan fingerprint density at radius 1 is 1.12 bits per heavy atom. The van der Waals surface area contributed by atoms with Gasteiger partial charge in [0.15, 0.2) is 0 Å². The molecule has 8 heteroatoms. The first kappa shape index (κ1) is 23.2. The van der Waals surface area contributed by atoms with Gasteiger partial charge in [0, 0.05) is 43.3 Å². The van der Waals surface area contributed by atoms with E-state index < -0.39 is 0 Å². The van der Waals surface area contributed by atoms with Crippen molar-refractivity contribution in [2.75, 3.05) is 5.32 Å². The van der Waals surface area contributed by atoms with Crippen LogP contribution >= 0.6 is 0 Å². The molecular formula is C24H32N6O2. The van der Waals surface area contributed by atoms with Gasteiger partial charge in [-0.25, -0.2) is 0 Å². The fourth-order valence-corrected chi connectivity index (χ4v) is 3.65. The molecule has 0 saturated carbocycles. The number of carbonyl (C=O) groups is 2. The zero-order chi connectivity index (χ0) is 23.1. The van der Waals surface area contributed by atoms with Gasteiger partial charge in [-0.3, -0.25) is 19.0 Å². The monoisotopic (exact) mass is 436 g/mol. The molecule has 0 atom stereocenters. The molecule has 2 N–H and O–H groups in total. The first-order chi connectivity index (χ1) is 15.3. The minimum atomic E-state index is -0.154. The van der Waals surface area contributed by atoms with Gasteiger partial charge in [0.1, 0.15) is 6.54 Å². The molecule has 170 valence electrons. The van der Waals surface area contributed by atoms with Crippen LogP contribution in [0.25, 0.3) is 0 Å². The van der Waals surface area contributed by atoms with Crippen molar-refractivity contribution in [3.8, 4) is 0 Å². The summed E-state index contributed by atoms with van der Waals surface area (Å²) in [5.41, 5.74) is 4.91. The van der Waals surface area contributed by atoms with E-state index in [0.717, 1.165) is 29.1 Å². The van der Waals surface area contributed by atoms with Gasteiger partial charge in [-0.1, -0.05) is 26.0 Å². The van der Waals surface area contributed by atoms with Crippen molar-refractivity contribution in [2.45, 2.75) is 60.2 Å². The smallest absolute Gasteiger partial charge is 0.246 e. The SMILES string of the molecule is Cc1nn(CC(C)C)c(C)c1CCC(=O)NCc1cccc(NC(=O)Cn2cccn2)c1. The second-order valence-corrected chi connectivity index (χ2v) is 8.45. The number of rotatable bonds is 10. The quantitative estimate of drug-likeness (QED) is 0.510. The largest absolute Gasteiger partial charge is 0.352 e. The Balaban J connectivity index is 1.48. The average molecular weight is 437 g/mol. The number of hydrogen-bond donors (Lipinski definition) is 2. The van der Waals surface area contributed by atoms with E-state index in [1.165, 1.54) is 0 Å². The third kappa shape index (κ3) is 6.54. The van der Waals surface area contributed by atoms with Crippen LogP contribution in [0, 0.1) is 19.8 Å². The number of amides is 2. The summed E-state index contributed by atoms with van der Waals surface area (Å²) in [6, 6.07) is 9.25. The Kier molecular flexibility index (Phi) is 7.81. The van der Waals surface area contributed by atoms with E-state index in [9.17, 15) is 9.59 Å². The van der Waals surface area contributed by atoms with Crippen molar-refractivity contribution in [3.63, 3.8) is 0 Å². The number of hydrogen-bond acceptors (Lipinski definition) is 4. The van der Waals surface area contributed by atoms with E-state index in [2.05, 4.69) is 41.6 Å². The first-order valence-corrected chi connectivity index (χ1v) is 11.0. The summed E-state index contributed by atoms with van der Waals surface area (Å²) in [7, 11) is 0. The number of benzene rings is 1. The molecule has 0 fully saturated rings. The second-order valence-electron chi connectivity index (χ2n) is 8.45. The van der Waals surface area contributed by atoms with Gasteiger partial charge >= 0.3 is 0 Å². The topological polar surface area (TPSA) is 93.8 Å². The number of aryl methyl sites for hydroxylation is 1. The van der Waals surface area contributed by atoms with Crippen molar-refractivity contribution < 1.29 is 9.59 Å². The number of anilines is 1. The third-order valence-electron chi connectivity index (χ3n) is 5.24. The fraction of sp³-hybridized carbons (Fsp3) is 0.417. The lowest BCUT2D eigenvalue weighted by Crippen LogP contribution is -2.23. The Morgan fingerprint density at radius 3 is 2.66 bits per heavy atom. The summed E-state index contributed by atoms with van der Waals surface area (Å²) in [4.78, 5) is 24.6. The molecule has 3 rings (SSSR count). The van der Waals surface area contributed by atoms with Gasteiger partial charge in [-0.05, 0) is 55.5 Å². The highest BCUT2D eigenvalue weighted by Crippen LogP contribution is 2.17. The molecule has 3 aromatic rings. The number of nitrogens with zero attached hydrogens (tertiary/aromatic N) is 4. The van der Waals surface area contributed by atoms with Crippen molar-refractivity contribution in [1.29, 1.82) is 0 Å². The number of nitrogens with one attached hydrogen (secondary N) is 2. The van der Waals surface area contributed by atoms with Gasteiger partial charge in [0.05, 0.1) is 5.69 Å². The number of carbonyl (C=O) groups excluding carboxylic acids is 2. The van der Waals surface area contributed by atoms with Gasteiger partial charge in [0.2, 0.25) is 11.8 Å². The highest BCUT2D eigenvalue weighted by atomic mass is 16.2. The van der Waals surface area contributed by atoms with Crippen molar-refractivity contribution in [3.05, 3.63) is 65.2 Å². The van der Waals surface area contributed by atoms with Crippen LogP contribution in [0.2, 0.25) is 0 Å². The molecule has 0 aliphatic heterocycles. The lowest BCUT2D eigenvalue weighted by molar-refractivity contribution is -0.121. The summed E-state index contributed by atoms with van der Waals surface area (Å²) in [5.74, 6) is 0.363. The predicted molar refractivity (Wildman–Crippen MR) is 124 cm³/mol. The molecule has 0 spiro atoms. The molecule has 2 amide bonds. The molecule has 0 saturated heterocycles. The molecule has 32 heavy (non-hydrogen) atoms. The van der Waals surface area contributed by atoms with Gasteiger partial charge in [0.25, 0.3) is 0 Å². The zero-order valence-corrected chi connectivity index (χ0v) is 19.3. The summed E-state index contributed by atoms with van der Waals surface area (Å²) >= 11 is 0. The van der Waals surface area contributed by atoms with Crippen LogP contribution in [0.5, 0.6) is 0 Å². The normalized spacial score (nSPS) is 11.0. The highest BCUT2D eigenvalue weighted by Gasteiger charge is 2.14. The minimum absolute atomic E-state index is 0.00599. The fourth-order valence-electron chi connectivity index (χ4n) is 3.65. The molecule has 0 aliphatic rings. The van der Waals surface area contributed by atoms with E-state index in [1.807, 2.05) is 35.9 Å². The molecule has 2 heterocycles. The van der Waals surface area contributed by atoms with E-state index in [0.29, 0.717) is 31.0 Å². The summed E-state index contributed by atoms with van der Waals surface area (Å²) in [5, 5.41) is 14.5. The van der Waals surface area contributed by atoms with Crippen LogP contribution in [-0.2, 0) is 35.6 Å². The third-order valence-corrected chi connectivity index (χ3v) is 5.24. The van der Waals surface area contributed by atoms with Crippen molar-refractivity contribution >= 4 is 17.5 Å². The molecule has 2 aromatic heterocycles. The Labute approximate surface area is 189 Å². The van der Waals surface area contributed by atoms with E-state index in [1.54, 1.807) is 23.1 Å². The Hall–Kier alpha value is -3.42. The van der Waals surface area contributed by atoms with Crippen LogP contribution < -0.4 is 10.6 Å². The standard InChI is InChI=1S/C24H32N6O2/c1-17(2)15-30-19(4)22(18(3)28-30)9-10-23(31)25-14-20-7-5-8-21(13-20)27-24(32)16-29-12-6-11-26-29/h5-8,11-13,17H,9-10,14-16H2,1-4H3,(H,25,31)(H,27,32). The Morgan fingerprint density at radius 2 is 1.94 bits per heavy atom. The maximum absolute atomic E-state index is 12.4. The van der Waals surface area contributed by atoms with E-state index >= 15 is 0 Å². The summed E-state index contributed by atoms with van der Waals surface area (Å²) in [6.07, 6.45) is 4.46. The van der Waals surface area contributed by atoms with Crippen LogP contribution in [0.4, 0.5) is 5.69 Å². The second kappa shape index (κ2) is 10.7. The molecule has 1 aromatic carbocycles. The molecule has 0 bridgehead atoms. The molecule has 0 unspecified atom stereocenters. The highest BCUT2D eigenvalue weighted by molar-refractivity contribution is 5.90. The lowest BCUT2D eigenvalue weighted by atomic mass is 10.1. The van der Waals surface area contributed by atoms with Crippen LogP contribution in [0.1, 0.15) is 42.8 Å². The predicted octanol–water partition coefficient (Wildman–Crippen LogP) is 3.24. The van der Waals surface area contributed by atoms with Crippen molar-refractivity contribution in [1.82, 2.24) is 24.9 Å².